The van der Waals surface area contributed by atoms with Crippen molar-refractivity contribution >= 4 is 5.82 Å². The Kier molecular flexibility index (Phi) is 4.19. The van der Waals surface area contributed by atoms with Gasteiger partial charge in [0.1, 0.15) is 11.5 Å². The maximum absolute atomic E-state index is 12.3. The van der Waals surface area contributed by atoms with Crippen LogP contribution in [0, 0.1) is 0 Å². The van der Waals surface area contributed by atoms with Gasteiger partial charge < -0.3 is 10.4 Å². The van der Waals surface area contributed by atoms with E-state index in [1.165, 1.54) is 18.5 Å². The monoisotopic (exact) mass is 283 g/mol. The second-order valence-corrected chi connectivity index (χ2v) is 4.11. The van der Waals surface area contributed by atoms with E-state index in [2.05, 4.69) is 15.3 Å². The first-order valence-electron chi connectivity index (χ1n) is 5.81. The van der Waals surface area contributed by atoms with Gasteiger partial charge in [0.25, 0.3) is 0 Å². The zero-order valence-electron chi connectivity index (χ0n) is 10.4. The third-order valence-electron chi connectivity index (χ3n) is 2.60. The second kappa shape index (κ2) is 5.87. The van der Waals surface area contributed by atoms with Crippen LogP contribution >= 0.6 is 0 Å². The molecule has 4 nitrogen and oxygen atoms in total. The number of aliphatic hydroxyl groups is 1. The molecule has 0 unspecified atom stereocenters. The average molecular weight is 283 g/mol. The number of aliphatic hydroxyl groups excluding tert-OH is 1. The average Bonchev–Trinajstić information content (AvgIpc) is 2.45. The minimum Gasteiger partial charge on any atom is -0.392 e. The minimum atomic E-state index is -4.42. The van der Waals surface area contributed by atoms with E-state index in [1.54, 1.807) is 12.1 Å². The van der Waals surface area contributed by atoms with Crippen molar-refractivity contribution in [2.24, 2.45) is 0 Å². The molecule has 0 atom stereocenters. The van der Waals surface area contributed by atoms with Gasteiger partial charge in [0.15, 0.2) is 0 Å². The summed E-state index contributed by atoms with van der Waals surface area (Å²) >= 11 is 0. The molecule has 106 valence electrons. The van der Waals surface area contributed by atoms with Gasteiger partial charge in [-0.05, 0) is 23.3 Å². The van der Waals surface area contributed by atoms with Crippen LogP contribution in [-0.4, -0.2) is 15.1 Å². The first kappa shape index (κ1) is 14.3. The second-order valence-electron chi connectivity index (χ2n) is 4.11. The summed E-state index contributed by atoms with van der Waals surface area (Å²) < 4.78 is 37.0. The highest BCUT2D eigenvalue weighted by Crippen LogP contribution is 2.27. The van der Waals surface area contributed by atoms with Crippen LogP contribution in [0.15, 0.2) is 36.7 Å². The summed E-state index contributed by atoms with van der Waals surface area (Å²) in [6.45, 7) is 0.229. The number of aromatic nitrogens is 2. The largest absolute Gasteiger partial charge is 0.433 e. The van der Waals surface area contributed by atoms with E-state index >= 15 is 0 Å². The van der Waals surface area contributed by atoms with E-state index in [9.17, 15) is 13.2 Å². The Hall–Kier alpha value is -2.15. The molecule has 2 N–H and O–H groups in total. The van der Waals surface area contributed by atoms with E-state index in [0.29, 0.717) is 23.5 Å². The van der Waals surface area contributed by atoms with Crippen LogP contribution in [0.2, 0.25) is 0 Å². The number of hydrogen-bond acceptors (Lipinski definition) is 4. The summed E-state index contributed by atoms with van der Waals surface area (Å²) in [6.07, 6.45) is -1.72. The fraction of sp³-hybridized carbons (Fsp3) is 0.231. The highest BCUT2D eigenvalue weighted by atomic mass is 19.4. The molecule has 0 radical (unpaired) electrons. The summed E-state index contributed by atoms with van der Waals surface area (Å²) in [5.41, 5.74) is 0.393. The lowest BCUT2D eigenvalue weighted by molar-refractivity contribution is -0.141. The van der Waals surface area contributed by atoms with Crippen LogP contribution in [0.4, 0.5) is 19.0 Å². The first-order chi connectivity index (χ1) is 9.49. The molecule has 2 aromatic heterocycles. The number of anilines is 1. The lowest BCUT2D eigenvalue weighted by Gasteiger charge is -2.08. The van der Waals surface area contributed by atoms with Crippen LogP contribution in [0.25, 0.3) is 0 Å². The van der Waals surface area contributed by atoms with Gasteiger partial charge in [-0.15, -0.1) is 0 Å². The molecule has 0 aliphatic rings. The maximum Gasteiger partial charge on any atom is 0.433 e. The summed E-state index contributed by atoms with van der Waals surface area (Å²) in [6, 6.07) is 5.70. The standard InChI is InChI=1S/C13H12F3N3O/c14-13(15,16)11-3-1-9(5-17-11)6-18-12-4-2-10(8-20)7-19-12/h1-5,7,20H,6,8H2,(H,18,19). The van der Waals surface area contributed by atoms with E-state index in [4.69, 9.17) is 5.11 Å². The van der Waals surface area contributed by atoms with Gasteiger partial charge in [0.2, 0.25) is 0 Å². The molecule has 0 aliphatic heterocycles. The number of alkyl halides is 3. The summed E-state index contributed by atoms with van der Waals surface area (Å²) in [7, 11) is 0. The van der Waals surface area contributed by atoms with Gasteiger partial charge in [-0.1, -0.05) is 12.1 Å². The number of pyridine rings is 2. The van der Waals surface area contributed by atoms with Crippen molar-refractivity contribution < 1.29 is 18.3 Å². The third-order valence-corrected chi connectivity index (χ3v) is 2.60. The molecule has 0 fully saturated rings. The summed E-state index contributed by atoms with van der Waals surface area (Å²) in [5, 5.41) is 11.8. The van der Waals surface area contributed by atoms with E-state index < -0.39 is 11.9 Å². The zero-order chi connectivity index (χ0) is 14.6. The maximum atomic E-state index is 12.3. The molecule has 20 heavy (non-hydrogen) atoms. The summed E-state index contributed by atoms with van der Waals surface area (Å²) in [4.78, 5) is 7.42. The predicted octanol–water partition coefficient (Wildman–Crippen LogP) is 2.60. The Morgan fingerprint density at radius 2 is 1.70 bits per heavy atom. The molecule has 7 heteroatoms. The smallest absolute Gasteiger partial charge is 0.392 e. The van der Waals surface area contributed by atoms with Crippen LogP contribution in [-0.2, 0) is 19.3 Å². The van der Waals surface area contributed by atoms with E-state index in [1.807, 2.05) is 0 Å². The Labute approximate surface area is 113 Å². The zero-order valence-corrected chi connectivity index (χ0v) is 10.4. The highest BCUT2D eigenvalue weighted by molar-refractivity contribution is 5.36. The Balaban J connectivity index is 1.96. The first-order valence-corrected chi connectivity index (χ1v) is 5.81. The van der Waals surface area contributed by atoms with Crippen molar-refractivity contribution in [2.45, 2.75) is 19.3 Å². The number of nitrogens with zero attached hydrogens (tertiary/aromatic N) is 2. The molecule has 2 rings (SSSR count). The fourth-order valence-corrected chi connectivity index (χ4v) is 1.51. The van der Waals surface area contributed by atoms with Crippen LogP contribution in [0.5, 0.6) is 0 Å². The van der Waals surface area contributed by atoms with Crippen LogP contribution in [0.1, 0.15) is 16.8 Å². The molecular weight excluding hydrogens is 271 g/mol. The minimum absolute atomic E-state index is 0.0872. The molecule has 2 heterocycles. The number of nitrogens with one attached hydrogen (secondary N) is 1. The lowest BCUT2D eigenvalue weighted by atomic mass is 10.2. The molecule has 0 spiro atoms. The van der Waals surface area contributed by atoms with Crippen molar-refractivity contribution in [2.75, 3.05) is 5.32 Å². The summed E-state index contributed by atoms with van der Waals surface area (Å²) in [5.74, 6) is 0.571. The number of halogens is 3. The molecule has 0 aromatic carbocycles. The molecule has 0 saturated heterocycles. The van der Waals surface area contributed by atoms with Crippen LogP contribution < -0.4 is 5.32 Å². The van der Waals surface area contributed by atoms with Crippen molar-refractivity contribution in [3.05, 3.63) is 53.5 Å². The predicted molar refractivity (Wildman–Crippen MR) is 66.7 cm³/mol. The third kappa shape index (κ3) is 3.67. The van der Waals surface area contributed by atoms with Gasteiger partial charge in [0.05, 0.1) is 6.61 Å². The van der Waals surface area contributed by atoms with E-state index in [-0.39, 0.29) is 6.61 Å². The Morgan fingerprint density at radius 1 is 1.00 bits per heavy atom. The quantitative estimate of drug-likeness (QED) is 0.905. The van der Waals surface area contributed by atoms with Crippen molar-refractivity contribution in [3.8, 4) is 0 Å². The SMILES string of the molecule is OCc1ccc(NCc2ccc(C(F)(F)F)nc2)nc1. The normalized spacial score (nSPS) is 11.4. The fourth-order valence-electron chi connectivity index (χ4n) is 1.51. The van der Waals surface area contributed by atoms with Gasteiger partial charge in [-0.25, -0.2) is 4.98 Å². The van der Waals surface area contributed by atoms with Gasteiger partial charge in [-0.2, -0.15) is 13.2 Å². The molecular formula is C13H12F3N3O. The number of rotatable bonds is 4. The van der Waals surface area contributed by atoms with Gasteiger partial charge >= 0.3 is 6.18 Å². The van der Waals surface area contributed by atoms with Crippen molar-refractivity contribution in [1.29, 1.82) is 0 Å². The molecule has 0 amide bonds. The Bertz CT molecular complexity index is 553. The molecule has 0 bridgehead atoms. The van der Waals surface area contributed by atoms with Crippen molar-refractivity contribution in [3.63, 3.8) is 0 Å². The van der Waals surface area contributed by atoms with Crippen molar-refractivity contribution in [1.82, 2.24) is 9.97 Å². The van der Waals surface area contributed by atoms with Gasteiger partial charge in [-0.3, -0.25) is 4.98 Å². The van der Waals surface area contributed by atoms with Crippen LogP contribution in [0.3, 0.4) is 0 Å². The van der Waals surface area contributed by atoms with E-state index in [0.717, 1.165) is 6.07 Å². The van der Waals surface area contributed by atoms with Gasteiger partial charge in [0, 0.05) is 18.9 Å². The lowest BCUT2D eigenvalue weighted by Crippen LogP contribution is -2.08. The highest BCUT2D eigenvalue weighted by Gasteiger charge is 2.31. The topological polar surface area (TPSA) is 58.0 Å². The molecule has 2 aromatic rings. The molecule has 0 aliphatic carbocycles. The number of hydrogen-bond donors (Lipinski definition) is 2. The molecule has 0 saturated carbocycles. The Morgan fingerprint density at radius 3 is 2.20 bits per heavy atom.